The summed E-state index contributed by atoms with van der Waals surface area (Å²) < 4.78 is 6.98. The van der Waals surface area contributed by atoms with E-state index in [1.54, 1.807) is 18.5 Å². The lowest BCUT2D eigenvalue weighted by atomic mass is 9.91. The van der Waals surface area contributed by atoms with Crippen LogP contribution in [-0.4, -0.2) is 51.9 Å². The van der Waals surface area contributed by atoms with Crippen molar-refractivity contribution in [3.63, 3.8) is 0 Å². The van der Waals surface area contributed by atoms with Crippen molar-refractivity contribution in [2.75, 3.05) is 25.5 Å². The smallest absolute Gasteiger partial charge is 0.340 e. The highest BCUT2D eigenvalue weighted by Crippen LogP contribution is 2.31. The van der Waals surface area contributed by atoms with Gasteiger partial charge in [0.15, 0.2) is 0 Å². The first-order valence-electron chi connectivity index (χ1n) is 10.2. The zero-order valence-corrected chi connectivity index (χ0v) is 16.7. The highest BCUT2D eigenvalue weighted by Gasteiger charge is 2.28. The van der Waals surface area contributed by atoms with Gasteiger partial charge in [0, 0.05) is 25.0 Å². The van der Waals surface area contributed by atoms with E-state index in [-0.39, 0.29) is 5.97 Å². The van der Waals surface area contributed by atoms with Crippen LogP contribution in [0.5, 0.6) is 0 Å². The van der Waals surface area contributed by atoms with Crippen LogP contribution in [0.3, 0.4) is 0 Å². The van der Waals surface area contributed by atoms with E-state index in [1.165, 1.54) is 39.3 Å². The van der Waals surface area contributed by atoms with Crippen molar-refractivity contribution in [1.29, 1.82) is 0 Å². The van der Waals surface area contributed by atoms with Gasteiger partial charge < -0.3 is 15.0 Å². The van der Waals surface area contributed by atoms with Gasteiger partial charge in [0.2, 0.25) is 0 Å². The minimum absolute atomic E-state index is 0.380. The van der Waals surface area contributed by atoms with Crippen LogP contribution in [0.4, 0.5) is 11.4 Å². The SMILES string of the molecule is COC(=O)c1ccncc1Nc1cn([C@@H]2CCCN(C3CCC3)CC2)nc1C. The third-order valence-electron chi connectivity index (χ3n) is 6.11. The van der Waals surface area contributed by atoms with Crippen molar-refractivity contribution in [2.45, 2.75) is 57.5 Å². The lowest BCUT2D eigenvalue weighted by molar-refractivity contribution is 0.0602. The molecule has 4 rings (SSSR count). The average Bonchev–Trinajstić information content (AvgIpc) is 2.87. The largest absolute Gasteiger partial charge is 0.465 e. The molecule has 0 aromatic carbocycles. The molecule has 1 saturated heterocycles. The number of likely N-dealkylation sites (tertiary alicyclic amines) is 1. The van der Waals surface area contributed by atoms with Crippen LogP contribution >= 0.6 is 0 Å². The number of rotatable bonds is 5. The minimum Gasteiger partial charge on any atom is -0.465 e. The summed E-state index contributed by atoms with van der Waals surface area (Å²) in [5.41, 5.74) is 2.92. The second kappa shape index (κ2) is 8.31. The number of carbonyl (C=O) groups excluding carboxylic acids is 1. The standard InChI is InChI=1S/C21H29N5O2/c1-15-20(23-19-13-22-10-8-18(19)21(27)28-2)14-26(24-15)17-7-4-11-25(12-9-17)16-5-3-6-16/h8,10,13-14,16-17,23H,3-7,9,11-12H2,1-2H3/t17-/m1/s1. The van der Waals surface area contributed by atoms with Crippen molar-refractivity contribution in [3.8, 4) is 0 Å². The third kappa shape index (κ3) is 3.90. The van der Waals surface area contributed by atoms with E-state index >= 15 is 0 Å². The molecular formula is C21H29N5O2. The summed E-state index contributed by atoms with van der Waals surface area (Å²) in [7, 11) is 1.38. The average molecular weight is 383 g/mol. The number of carbonyl (C=O) groups is 1. The Balaban J connectivity index is 1.47. The Morgan fingerprint density at radius 3 is 2.71 bits per heavy atom. The zero-order chi connectivity index (χ0) is 19.5. The first kappa shape index (κ1) is 18.9. The van der Waals surface area contributed by atoms with Crippen molar-refractivity contribution >= 4 is 17.3 Å². The Labute approximate surface area is 166 Å². The molecule has 0 unspecified atom stereocenters. The first-order chi connectivity index (χ1) is 13.7. The predicted molar refractivity (Wildman–Crippen MR) is 108 cm³/mol. The molecule has 2 aliphatic rings. The summed E-state index contributed by atoms with van der Waals surface area (Å²) in [5, 5.41) is 8.09. The predicted octanol–water partition coefficient (Wildman–Crippen LogP) is 3.70. The molecule has 2 fully saturated rings. The quantitative estimate of drug-likeness (QED) is 0.794. The van der Waals surface area contributed by atoms with Gasteiger partial charge in [0.1, 0.15) is 0 Å². The minimum atomic E-state index is -0.380. The Bertz CT molecular complexity index is 830. The van der Waals surface area contributed by atoms with Gasteiger partial charge in [-0.05, 0) is 51.6 Å². The zero-order valence-electron chi connectivity index (χ0n) is 16.7. The number of nitrogens with one attached hydrogen (secondary N) is 1. The number of methoxy groups -OCH3 is 1. The monoisotopic (exact) mass is 383 g/mol. The van der Waals surface area contributed by atoms with Crippen molar-refractivity contribution in [1.82, 2.24) is 19.7 Å². The van der Waals surface area contributed by atoms with Crippen molar-refractivity contribution in [3.05, 3.63) is 35.9 Å². The molecule has 1 aliphatic heterocycles. The molecule has 0 radical (unpaired) electrons. The van der Waals surface area contributed by atoms with E-state index in [2.05, 4.69) is 26.1 Å². The molecule has 1 N–H and O–H groups in total. The lowest BCUT2D eigenvalue weighted by Crippen LogP contribution is -2.40. The number of esters is 1. The normalized spacial score (nSPS) is 21.0. The second-order valence-corrected chi connectivity index (χ2v) is 7.85. The van der Waals surface area contributed by atoms with Gasteiger partial charge in [-0.2, -0.15) is 5.10 Å². The molecule has 3 heterocycles. The Kier molecular flexibility index (Phi) is 5.62. The molecule has 0 spiro atoms. The van der Waals surface area contributed by atoms with Gasteiger partial charge in [-0.1, -0.05) is 6.42 Å². The van der Waals surface area contributed by atoms with Crippen molar-refractivity contribution < 1.29 is 9.53 Å². The first-order valence-corrected chi connectivity index (χ1v) is 10.2. The number of aromatic nitrogens is 3. The number of pyridine rings is 1. The molecular weight excluding hydrogens is 354 g/mol. The van der Waals surface area contributed by atoms with Crippen LogP contribution in [0.1, 0.15) is 60.6 Å². The van der Waals surface area contributed by atoms with Crippen LogP contribution in [0, 0.1) is 6.92 Å². The van der Waals surface area contributed by atoms with E-state index in [4.69, 9.17) is 9.84 Å². The van der Waals surface area contributed by atoms with Gasteiger partial charge in [-0.15, -0.1) is 0 Å². The van der Waals surface area contributed by atoms with Crippen LogP contribution in [0.15, 0.2) is 24.7 Å². The summed E-state index contributed by atoms with van der Waals surface area (Å²) in [6.45, 7) is 4.36. The Morgan fingerprint density at radius 2 is 1.96 bits per heavy atom. The number of nitrogens with zero attached hydrogens (tertiary/aromatic N) is 4. The summed E-state index contributed by atoms with van der Waals surface area (Å²) >= 11 is 0. The maximum Gasteiger partial charge on any atom is 0.340 e. The number of aryl methyl sites for hydroxylation is 1. The van der Waals surface area contributed by atoms with Gasteiger partial charge >= 0.3 is 5.97 Å². The van der Waals surface area contributed by atoms with E-state index in [9.17, 15) is 4.79 Å². The fourth-order valence-corrected chi connectivity index (χ4v) is 4.20. The highest BCUT2D eigenvalue weighted by molar-refractivity contribution is 5.96. The maximum absolute atomic E-state index is 12.0. The molecule has 1 atom stereocenters. The van der Waals surface area contributed by atoms with E-state index in [0.29, 0.717) is 17.3 Å². The number of hydrogen-bond acceptors (Lipinski definition) is 6. The summed E-state index contributed by atoms with van der Waals surface area (Å²) in [6, 6.07) is 2.90. The van der Waals surface area contributed by atoms with Crippen LogP contribution < -0.4 is 5.32 Å². The highest BCUT2D eigenvalue weighted by atomic mass is 16.5. The topological polar surface area (TPSA) is 72.3 Å². The Hall–Kier alpha value is -2.41. The molecule has 28 heavy (non-hydrogen) atoms. The molecule has 7 nitrogen and oxygen atoms in total. The van der Waals surface area contributed by atoms with Gasteiger partial charge in [-0.3, -0.25) is 9.67 Å². The van der Waals surface area contributed by atoms with Crippen LogP contribution in [-0.2, 0) is 4.74 Å². The molecule has 2 aromatic heterocycles. The maximum atomic E-state index is 12.0. The molecule has 1 aliphatic carbocycles. The number of anilines is 2. The van der Waals surface area contributed by atoms with Gasteiger partial charge in [-0.25, -0.2) is 4.79 Å². The molecule has 0 bridgehead atoms. The molecule has 1 saturated carbocycles. The fourth-order valence-electron chi connectivity index (χ4n) is 4.20. The molecule has 2 aromatic rings. The number of ether oxygens (including phenoxy) is 1. The summed E-state index contributed by atoms with van der Waals surface area (Å²) in [6.07, 6.45) is 12.9. The Morgan fingerprint density at radius 1 is 1.14 bits per heavy atom. The third-order valence-corrected chi connectivity index (χ3v) is 6.11. The van der Waals surface area contributed by atoms with Gasteiger partial charge in [0.25, 0.3) is 0 Å². The van der Waals surface area contributed by atoms with E-state index < -0.39 is 0 Å². The van der Waals surface area contributed by atoms with Crippen LogP contribution in [0.2, 0.25) is 0 Å². The fraction of sp³-hybridized carbons (Fsp3) is 0.571. The van der Waals surface area contributed by atoms with Gasteiger partial charge in [0.05, 0.1) is 42.0 Å². The van der Waals surface area contributed by atoms with E-state index in [0.717, 1.165) is 36.8 Å². The summed E-state index contributed by atoms with van der Waals surface area (Å²) in [4.78, 5) is 18.8. The summed E-state index contributed by atoms with van der Waals surface area (Å²) in [5.74, 6) is -0.380. The second-order valence-electron chi connectivity index (χ2n) is 7.85. The molecule has 7 heteroatoms. The lowest BCUT2D eigenvalue weighted by Gasteiger charge is -2.36. The molecule has 150 valence electrons. The molecule has 0 amide bonds. The van der Waals surface area contributed by atoms with Crippen molar-refractivity contribution in [2.24, 2.45) is 0 Å². The van der Waals surface area contributed by atoms with E-state index in [1.807, 2.05) is 6.92 Å². The van der Waals surface area contributed by atoms with Crippen LogP contribution in [0.25, 0.3) is 0 Å². The number of hydrogen-bond donors (Lipinski definition) is 1.